The third-order valence-electron chi connectivity index (χ3n) is 4.89. The van der Waals surface area contributed by atoms with Crippen LogP contribution in [0.3, 0.4) is 0 Å². The molecular formula is C21H20ClN7O. The second-order valence-corrected chi connectivity index (χ2v) is 7.27. The van der Waals surface area contributed by atoms with Crippen molar-refractivity contribution in [1.82, 2.24) is 24.3 Å². The zero-order chi connectivity index (χ0) is 21.4. The van der Waals surface area contributed by atoms with Gasteiger partial charge in [0.25, 0.3) is 0 Å². The molecule has 0 fully saturated rings. The zero-order valence-corrected chi connectivity index (χ0v) is 17.5. The Kier molecular flexibility index (Phi) is 5.01. The van der Waals surface area contributed by atoms with Crippen LogP contribution < -0.4 is 10.6 Å². The average Bonchev–Trinajstić information content (AvgIpc) is 3.23. The molecule has 2 N–H and O–H groups in total. The van der Waals surface area contributed by atoms with Gasteiger partial charge < -0.3 is 10.6 Å². The molecule has 0 aliphatic carbocycles. The molecule has 0 spiro atoms. The number of anilines is 3. The SMILES string of the molecule is C=CC(=O)Nc1ccc2c(c1)c(C)cn2-c1nc(Nc2cnn(C)c2C)ncc1Cl. The fraction of sp³-hybridized carbons (Fsp3) is 0.143. The van der Waals surface area contributed by atoms with Gasteiger partial charge in [-0.1, -0.05) is 18.2 Å². The molecule has 152 valence electrons. The summed E-state index contributed by atoms with van der Waals surface area (Å²) in [6, 6.07) is 5.65. The van der Waals surface area contributed by atoms with E-state index < -0.39 is 0 Å². The van der Waals surface area contributed by atoms with Crippen molar-refractivity contribution in [3.8, 4) is 5.82 Å². The summed E-state index contributed by atoms with van der Waals surface area (Å²) in [5.74, 6) is 0.711. The predicted octanol–water partition coefficient (Wildman–Crippen LogP) is 4.29. The first-order valence-electron chi connectivity index (χ1n) is 9.21. The Morgan fingerprint density at radius 2 is 2.07 bits per heavy atom. The highest BCUT2D eigenvalue weighted by Gasteiger charge is 2.14. The molecule has 9 heteroatoms. The molecular weight excluding hydrogens is 402 g/mol. The Hall–Kier alpha value is -3.65. The van der Waals surface area contributed by atoms with Gasteiger partial charge in [-0.25, -0.2) is 4.98 Å². The lowest BCUT2D eigenvalue weighted by Gasteiger charge is -2.10. The van der Waals surface area contributed by atoms with Crippen molar-refractivity contribution in [2.45, 2.75) is 13.8 Å². The van der Waals surface area contributed by atoms with E-state index >= 15 is 0 Å². The number of aryl methyl sites for hydroxylation is 2. The maximum absolute atomic E-state index is 11.6. The Morgan fingerprint density at radius 1 is 1.27 bits per heavy atom. The topological polar surface area (TPSA) is 89.7 Å². The van der Waals surface area contributed by atoms with Crippen LogP contribution in [0.15, 0.2) is 49.4 Å². The first-order chi connectivity index (χ1) is 14.4. The van der Waals surface area contributed by atoms with Gasteiger partial charge in [0, 0.05) is 24.3 Å². The fourth-order valence-electron chi connectivity index (χ4n) is 3.17. The number of aromatic nitrogens is 5. The van der Waals surface area contributed by atoms with Crippen LogP contribution in [0, 0.1) is 13.8 Å². The maximum Gasteiger partial charge on any atom is 0.247 e. The number of fused-ring (bicyclic) bond motifs is 1. The number of halogens is 1. The number of carbonyl (C=O) groups is 1. The van der Waals surface area contributed by atoms with Crippen LogP contribution >= 0.6 is 11.6 Å². The van der Waals surface area contributed by atoms with Gasteiger partial charge in [-0.3, -0.25) is 14.0 Å². The molecule has 30 heavy (non-hydrogen) atoms. The molecule has 0 atom stereocenters. The van der Waals surface area contributed by atoms with Crippen LogP contribution in [-0.4, -0.2) is 30.2 Å². The number of hydrogen-bond donors (Lipinski definition) is 2. The first-order valence-corrected chi connectivity index (χ1v) is 9.59. The first kappa shape index (κ1) is 19.7. The third-order valence-corrected chi connectivity index (χ3v) is 5.16. The number of rotatable bonds is 5. The van der Waals surface area contributed by atoms with Gasteiger partial charge in [0.05, 0.1) is 29.3 Å². The Labute approximate surface area is 178 Å². The van der Waals surface area contributed by atoms with Gasteiger partial charge in [0.2, 0.25) is 11.9 Å². The van der Waals surface area contributed by atoms with E-state index in [0.29, 0.717) is 22.5 Å². The van der Waals surface area contributed by atoms with Crippen molar-refractivity contribution < 1.29 is 4.79 Å². The molecule has 1 aromatic carbocycles. The minimum atomic E-state index is -0.258. The van der Waals surface area contributed by atoms with Crippen LogP contribution in [0.1, 0.15) is 11.3 Å². The standard InChI is InChI=1S/C21H20ClN7O/c1-5-19(30)25-14-6-7-18-15(8-14)12(2)11-29(18)20-16(22)9-23-21(27-20)26-17-10-24-28(4)13(17)3/h5-11H,1H2,2-4H3,(H,25,30)(H,23,26,27). The van der Waals surface area contributed by atoms with Gasteiger partial charge in [0.1, 0.15) is 5.02 Å². The molecule has 3 heterocycles. The van der Waals surface area contributed by atoms with Crippen LogP contribution in [0.4, 0.5) is 17.3 Å². The number of carbonyl (C=O) groups excluding carboxylic acids is 1. The lowest BCUT2D eigenvalue weighted by atomic mass is 10.2. The summed E-state index contributed by atoms with van der Waals surface area (Å²) in [4.78, 5) is 20.5. The highest BCUT2D eigenvalue weighted by Crippen LogP contribution is 2.30. The molecule has 0 aliphatic heterocycles. The molecule has 0 saturated carbocycles. The lowest BCUT2D eigenvalue weighted by molar-refractivity contribution is -0.111. The highest BCUT2D eigenvalue weighted by molar-refractivity contribution is 6.32. The number of benzene rings is 1. The van der Waals surface area contributed by atoms with Crippen molar-refractivity contribution in [3.63, 3.8) is 0 Å². The van der Waals surface area contributed by atoms with Crippen molar-refractivity contribution >= 4 is 45.7 Å². The second kappa shape index (κ2) is 7.64. The summed E-state index contributed by atoms with van der Waals surface area (Å²) in [7, 11) is 1.87. The van der Waals surface area contributed by atoms with E-state index in [2.05, 4.69) is 32.3 Å². The van der Waals surface area contributed by atoms with E-state index in [-0.39, 0.29) is 5.91 Å². The summed E-state index contributed by atoms with van der Waals surface area (Å²) < 4.78 is 3.68. The van der Waals surface area contributed by atoms with Crippen LogP contribution in [0.5, 0.6) is 0 Å². The van der Waals surface area contributed by atoms with E-state index in [9.17, 15) is 4.79 Å². The van der Waals surface area contributed by atoms with Crippen molar-refractivity contribution in [2.24, 2.45) is 7.05 Å². The molecule has 0 radical (unpaired) electrons. The summed E-state index contributed by atoms with van der Waals surface area (Å²) in [5.41, 5.74) is 4.41. The molecule has 0 saturated heterocycles. The molecule has 4 rings (SSSR count). The molecule has 4 aromatic rings. The van der Waals surface area contributed by atoms with E-state index in [1.54, 1.807) is 17.1 Å². The normalized spacial score (nSPS) is 10.9. The molecule has 3 aromatic heterocycles. The molecule has 1 amide bonds. The largest absolute Gasteiger partial charge is 0.323 e. The van der Waals surface area contributed by atoms with Gasteiger partial charge >= 0.3 is 0 Å². The van der Waals surface area contributed by atoms with Crippen LogP contribution in [0.25, 0.3) is 16.7 Å². The van der Waals surface area contributed by atoms with E-state index in [4.69, 9.17) is 11.6 Å². The average molecular weight is 422 g/mol. The lowest BCUT2D eigenvalue weighted by Crippen LogP contribution is -2.07. The molecule has 8 nitrogen and oxygen atoms in total. The predicted molar refractivity (Wildman–Crippen MR) is 119 cm³/mol. The fourth-order valence-corrected chi connectivity index (χ4v) is 3.35. The summed E-state index contributed by atoms with van der Waals surface area (Å²) in [5, 5.41) is 11.6. The summed E-state index contributed by atoms with van der Waals surface area (Å²) in [6.45, 7) is 7.43. The highest BCUT2D eigenvalue weighted by atomic mass is 35.5. The molecule has 0 aliphatic rings. The van der Waals surface area contributed by atoms with E-state index in [1.165, 1.54) is 6.08 Å². The minimum absolute atomic E-state index is 0.258. The van der Waals surface area contributed by atoms with Crippen molar-refractivity contribution in [2.75, 3.05) is 10.6 Å². The van der Waals surface area contributed by atoms with Gasteiger partial charge in [-0.15, -0.1) is 0 Å². The Morgan fingerprint density at radius 3 is 2.77 bits per heavy atom. The zero-order valence-electron chi connectivity index (χ0n) is 16.8. The number of hydrogen-bond acceptors (Lipinski definition) is 5. The summed E-state index contributed by atoms with van der Waals surface area (Å²) in [6.07, 6.45) is 6.48. The quantitative estimate of drug-likeness (QED) is 0.469. The van der Waals surface area contributed by atoms with Gasteiger partial charge in [-0.2, -0.15) is 10.1 Å². The number of amides is 1. The van der Waals surface area contributed by atoms with Gasteiger partial charge in [0.15, 0.2) is 5.82 Å². The smallest absolute Gasteiger partial charge is 0.247 e. The second-order valence-electron chi connectivity index (χ2n) is 6.86. The Bertz CT molecular complexity index is 1290. The molecule has 0 bridgehead atoms. The number of nitrogens with zero attached hydrogens (tertiary/aromatic N) is 5. The third kappa shape index (κ3) is 3.53. The molecule has 0 unspecified atom stereocenters. The maximum atomic E-state index is 11.6. The minimum Gasteiger partial charge on any atom is -0.323 e. The summed E-state index contributed by atoms with van der Waals surface area (Å²) >= 11 is 6.44. The van der Waals surface area contributed by atoms with Crippen LogP contribution in [0.2, 0.25) is 5.02 Å². The van der Waals surface area contributed by atoms with Crippen molar-refractivity contribution in [1.29, 1.82) is 0 Å². The Balaban J connectivity index is 1.75. The van der Waals surface area contributed by atoms with E-state index in [0.717, 1.165) is 27.8 Å². The van der Waals surface area contributed by atoms with Crippen molar-refractivity contribution in [3.05, 3.63) is 65.7 Å². The van der Waals surface area contributed by atoms with Gasteiger partial charge in [-0.05, 0) is 43.7 Å². The van der Waals surface area contributed by atoms with Crippen LogP contribution in [-0.2, 0) is 11.8 Å². The monoisotopic (exact) mass is 421 g/mol. The number of nitrogens with one attached hydrogen (secondary N) is 2. The van der Waals surface area contributed by atoms with E-state index in [1.807, 2.05) is 49.9 Å².